The molecule has 0 spiro atoms. The Morgan fingerprint density at radius 1 is 1.22 bits per heavy atom. The van der Waals surface area contributed by atoms with E-state index in [0.29, 0.717) is 5.56 Å². The van der Waals surface area contributed by atoms with Crippen molar-refractivity contribution in [2.75, 3.05) is 0 Å². The van der Waals surface area contributed by atoms with Crippen LogP contribution < -0.4 is 0 Å². The van der Waals surface area contributed by atoms with E-state index in [1.807, 2.05) is 6.92 Å². The SMILES string of the molecule is CC1(C(=O)Cc2ccc(F)cc2F)CCCCC1. The van der Waals surface area contributed by atoms with Crippen molar-refractivity contribution in [3.8, 4) is 0 Å². The molecule has 1 fully saturated rings. The Bertz CT molecular complexity index is 448. The van der Waals surface area contributed by atoms with E-state index in [-0.39, 0.29) is 17.6 Å². The third kappa shape index (κ3) is 2.77. The minimum absolute atomic E-state index is 0.0720. The van der Waals surface area contributed by atoms with Crippen LogP contribution in [0, 0.1) is 17.0 Å². The molecule has 1 aromatic carbocycles. The molecule has 1 nitrogen and oxygen atoms in total. The van der Waals surface area contributed by atoms with Crippen molar-refractivity contribution in [3.63, 3.8) is 0 Å². The van der Waals surface area contributed by atoms with Crippen LogP contribution in [0.1, 0.15) is 44.6 Å². The second-order valence-electron chi connectivity index (χ2n) is 5.46. The zero-order valence-corrected chi connectivity index (χ0v) is 10.6. The average Bonchev–Trinajstić information content (AvgIpc) is 2.33. The van der Waals surface area contributed by atoms with E-state index in [9.17, 15) is 13.6 Å². The van der Waals surface area contributed by atoms with Crippen molar-refractivity contribution in [1.29, 1.82) is 0 Å². The van der Waals surface area contributed by atoms with E-state index in [4.69, 9.17) is 0 Å². The van der Waals surface area contributed by atoms with E-state index in [0.717, 1.165) is 31.7 Å². The molecule has 2 rings (SSSR count). The summed E-state index contributed by atoms with van der Waals surface area (Å²) in [6, 6.07) is 3.41. The second kappa shape index (κ2) is 5.17. The van der Waals surface area contributed by atoms with Gasteiger partial charge in [-0.2, -0.15) is 0 Å². The van der Waals surface area contributed by atoms with Crippen LogP contribution in [0.15, 0.2) is 18.2 Å². The molecule has 18 heavy (non-hydrogen) atoms. The van der Waals surface area contributed by atoms with Gasteiger partial charge in [-0.25, -0.2) is 8.78 Å². The third-order valence-electron chi connectivity index (χ3n) is 4.00. The van der Waals surface area contributed by atoms with E-state index < -0.39 is 11.6 Å². The summed E-state index contributed by atoms with van der Waals surface area (Å²) in [5.41, 5.74) is -0.0211. The van der Waals surface area contributed by atoms with Crippen molar-refractivity contribution in [3.05, 3.63) is 35.4 Å². The molecule has 1 saturated carbocycles. The second-order valence-corrected chi connectivity index (χ2v) is 5.46. The molecule has 0 unspecified atom stereocenters. The molecule has 0 aliphatic heterocycles. The number of hydrogen-bond donors (Lipinski definition) is 0. The Labute approximate surface area is 106 Å². The highest BCUT2D eigenvalue weighted by atomic mass is 19.1. The van der Waals surface area contributed by atoms with Gasteiger partial charge in [0.25, 0.3) is 0 Å². The number of rotatable bonds is 3. The Morgan fingerprint density at radius 3 is 2.50 bits per heavy atom. The smallest absolute Gasteiger partial charge is 0.143 e. The first-order chi connectivity index (χ1) is 8.51. The van der Waals surface area contributed by atoms with Crippen LogP contribution in [0.4, 0.5) is 8.78 Å². The quantitative estimate of drug-likeness (QED) is 0.793. The molecular weight excluding hydrogens is 234 g/mol. The van der Waals surface area contributed by atoms with Crippen molar-refractivity contribution < 1.29 is 13.6 Å². The predicted molar refractivity (Wildman–Crippen MR) is 66.3 cm³/mol. The number of Topliss-reactive ketones (excluding diaryl/α,β-unsaturated/α-hetero) is 1. The van der Waals surface area contributed by atoms with E-state index in [2.05, 4.69) is 0 Å². The fraction of sp³-hybridized carbons (Fsp3) is 0.533. The lowest BCUT2D eigenvalue weighted by Crippen LogP contribution is -2.31. The van der Waals surface area contributed by atoms with Gasteiger partial charge in [0.2, 0.25) is 0 Å². The Morgan fingerprint density at radius 2 is 1.89 bits per heavy atom. The highest BCUT2D eigenvalue weighted by Crippen LogP contribution is 2.37. The van der Waals surface area contributed by atoms with Gasteiger partial charge in [-0.3, -0.25) is 4.79 Å². The molecule has 1 aliphatic carbocycles. The summed E-state index contributed by atoms with van der Waals surface area (Å²) in [6.45, 7) is 1.97. The largest absolute Gasteiger partial charge is 0.299 e. The highest BCUT2D eigenvalue weighted by Gasteiger charge is 2.34. The standard InChI is InChI=1S/C15H18F2O/c1-15(7-3-2-4-8-15)14(18)9-11-5-6-12(16)10-13(11)17/h5-6,10H,2-4,7-9H2,1H3. The van der Waals surface area contributed by atoms with Crippen LogP contribution in [0.5, 0.6) is 0 Å². The molecule has 0 radical (unpaired) electrons. The van der Waals surface area contributed by atoms with Crippen molar-refractivity contribution >= 4 is 5.78 Å². The van der Waals surface area contributed by atoms with Gasteiger partial charge < -0.3 is 0 Å². The fourth-order valence-electron chi connectivity index (χ4n) is 2.66. The average molecular weight is 252 g/mol. The number of ketones is 1. The lowest BCUT2D eigenvalue weighted by atomic mass is 9.71. The predicted octanol–water partition coefficient (Wildman–Crippen LogP) is 4.05. The number of halogens is 2. The Kier molecular flexibility index (Phi) is 3.79. The molecule has 0 N–H and O–H groups in total. The van der Waals surface area contributed by atoms with Crippen molar-refractivity contribution in [1.82, 2.24) is 0 Å². The Hall–Kier alpha value is -1.25. The lowest BCUT2D eigenvalue weighted by Gasteiger charge is -2.32. The van der Waals surface area contributed by atoms with Crippen LogP contribution in [-0.2, 0) is 11.2 Å². The maximum absolute atomic E-state index is 13.5. The third-order valence-corrected chi connectivity index (χ3v) is 4.00. The Balaban J connectivity index is 2.11. The zero-order chi connectivity index (χ0) is 13.2. The number of benzene rings is 1. The summed E-state index contributed by atoms with van der Waals surface area (Å²) < 4.78 is 26.3. The summed E-state index contributed by atoms with van der Waals surface area (Å²) in [4.78, 5) is 12.3. The fourth-order valence-corrected chi connectivity index (χ4v) is 2.66. The van der Waals surface area contributed by atoms with E-state index >= 15 is 0 Å². The first-order valence-corrected chi connectivity index (χ1v) is 6.48. The van der Waals surface area contributed by atoms with Gasteiger partial charge in [-0.05, 0) is 24.5 Å². The zero-order valence-electron chi connectivity index (χ0n) is 10.6. The topological polar surface area (TPSA) is 17.1 Å². The molecule has 0 saturated heterocycles. The molecule has 0 bridgehead atoms. The molecule has 0 heterocycles. The summed E-state index contributed by atoms with van der Waals surface area (Å²) in [5.74, 6) is -1.15. The summed E-state index contributed by atoms with van der Waals surface area (Å²) >= 11 is 0. The van der Waals surface area contributed by atoms with Crippen molar-refractivity contribution in [2.45, 2.75) is 45.4 Å². The van der Waals surface area contributed by atoms with Gasteiger partial charge in [0.05, 0.1) is 0 Å². The maximum Gasteiger partial charge on any atom is 0.143 e. The highest BCUT2D eigenvalue weighted by molar-refractivity contribution is 5.86. The first kappa shape index (κ1) is 13.2. The van der Waals surface area contributed by atoms with Crippen LogP contribution >= 0.6 is 0 Å². The molecule has 3 heteroatoms. The maximum atomic E-state index is 13.5. The van der Waals surface area contributed by atoms with Gasteiger partial charge in [-0.1, -0.05) is 32.3 Å². The molecule has 1 aromatic rings. The van der Waals surface area contributed by atoms with E-state index in [1.54, 1.807) is 0 Å². The molecule has 0 atom stereocenters. The molecule has 98 valence electrons. The summed E-state index contributed by atoms with van der Waals surface area (Å²) in [7, 11) is 0. The van der Waals surface area contributed by atoms with Gasteiger partial charge >= 0.3 is 0 Å². The number of carbonyl (C=O) groups excluding carboxylic acids is 1. The van der Waals surface area contributed by atoms with Crippen LogP contribution in [-0.4, -0.2) is 5.78 Å². The molecule has 0 amide bonds. The first-order valence-electron chi connectivity index (χ1n) is 6.48. The molecular formula is C15H18F2O. The molecule has 0 aromatic heterocycles. The van der Waals surface area contributed by atoms with E-state index in [1.165, 1.54) is 18.6 Å². The van der Waals surface area contributed by atoms with Crippen LogP contribution in [0.25, 0.3) is 0 Å². The summed E-state index contributed by atoms with van der Waals surface area (Å²) in [5, 5.41) is 0. The van der Waals surface area contributed by atoms with Gasteiger partial charge in [0, 0.05) is 17.9 Å². The van der Waals surface area contributed by atoms with Crippen LogP contribution in [0.2, 0.25) is 0 Å². The van der Waals surface area contributed by atoms with Gasteiger partial charge in [0.1, 0.15) is 17.4 Å². The minimum atomic E-state index is -0.622. The number of hydrogen-bond acceptors (Lipinski definition) is 1. The van der Waals surface area contributed by atoms with Crippen LogP contribution in [0.3, 0.4) is 0 Å². The van der Waals surface area contributed by atoms with Gasteiger partial charge in [0.15, 0.2) is 0 Å². The monoisotopic (exact) mass is 252 g/mol. The normalized spacial score (nSPS) is 18.6. The summed E-state index contributed by atoms with van der Waals surface area (Å²) in [6.07, 6.45) is 5.14. The lowest BCUT2D eigenvalue weighted by molar-refractivity contribution is -0.128. The van der Waals surface area contributed by atoms with Gasteiger partial charge in [-0.15, -0.1) is 0 Å². The number of carbonyl (C=O) groups is 1. The van der Waals surface area contributed by atoms with Crippen molar-refractivity contribution in [2.24, 2.45) is 5.41 Å². The molecule has 1 aliphatic rings. The minimum Gasteiger partial charge on any atom is -0.299 e.